The molecule has 1 saturated heterocycles. The van der Waals surface area contributed by atoms with Crippen molar-refractivity contribution in [2.45, 2.75) is 33.3 Å². The van der Waals surface area contributed by atoms with Crippen LogP contribution in [0.2, 0.25) is 0 Å². The summed E-state index contributed by atoms with van der Waals surface area (Å²) in [5.41, 5.74) is 0.933. The summed E-state index contributed by atoms with van der Waals surface area (Å²) in [7, 11) is 0. The van der Waals surface area contributed by atoms with E-state index >= 15 is 0 Å². The molecule has 21 heavy (non-hydrogen) atoms. The van der Waals surface area contributed by atoms with Gasteiger partial charge in [-0.05, 0) is 29.7 Å². The number of rotatable bonds is 4. The first kappa shape index (κ1) is 15.8. The molecule has 1 aromatic carbocycles. The topological polar surface area (TPSA) is 49.8 Å². The second-order valence-corrected chi connectivity index (χ2v) is 6.45. The molecule has 1 heterocycles. The van der Waals surface area contributed by atoms with Gasteiger partial charge in [0.15, 0.2) is 0 Å². The van der Waals surface area contributed by atoms with Gasteiger partial charge in [0.05, 0.1) is 0 Å². The minimum absolute atomic E-state index is 0.0694. The van der Waals surface area contributed by atoms with Crippen LogP contribution in [0, 0.1) is 11.3 Å². The molecule has 2 rings (SSSR count). The molecule has 0 unspecified atom stereocenters. The van der Waals surface area contributed by atoms with Gasteiger partial charge >= 0.3 is 6.09 Å². The van der Waals surface area contributed by atoms with Gasteiger partial charge < -0.3 is 14.7 Å². The number of aliphatic hydroxyl groups excluding tert-OH is 1. The zero-order chi connectivity index (χ0) is 15.3. The average molecular weight is 291 g/mol. The highest BCUT2D eigenvalue weighted by Gasteiger charge is 2.33. The highest BCUT2D eigenvalue weighted by molar-refractivity contribution is 5.67. The normalized spacial score (nSPS) is 16.8. The van der Waals surface area contributed by atoms with Crippen molar-refractivity contribution in [3.8, 4) is 0 Å². The van der Waals surface area contributed by atoms with Gasteiger partial charge in [-0.3, -0.25) is 0 Å². The molecule has 4 heteroatoms. The van der Waals surface area contributed by atoms with Crippen molar-refractivity contribution in [3.05, 3.63) is 35.9 Å². The molecule has 0 saturated carbocycles. The maximum absolute atomic E-state index is 12.1. The van der Waals surface area contributed by atoms with Crippen molar-refractivity contribution < 1.29 is 14.6 Å². The molecule has 0 atom stereocenters. The van der Waals surface area contributed by atoms with Gasteiger partial charge in [0.2, 0.25) is 0 Å². The molecule has 0 bridgehead atoms. The summed E-state index contributed by atoms with van der Waals surface area (Å²) in [5.74, 6) is 0.459. The van der Waals surface area contributed by atoms with E-state index < -0.39 is 0 Å². The standard InChI is InChI=1S/C17H25NO3/c1-17(2,13-19)15-8-10-18(11-9-15)16(20)21-12-14-6-4-3-5-7-14/h3-7,15,19H,8-13H2,1-2H3. The Labute approximate surface area is 126 Å². The van der Waals surface area contributed by atoms with Crippen LogP contribution in [0.3, 0.4) is 0 Å². The number of hydrogen-bond donors (Lipinski definition) is 1. The molecular weight excluding hydrogens is 266 g/mol. The van der Waals surface area contributed by atoms with Gasteiger partial charge in [0.1, 0.15) is 6.61 Å². The number of likely N-dealkylation sites (tertiary alicyclic amines) is 1. The molecule has 0 spiro atoms. The van der Waals surface area contributed by atoms with E-state index in [1.807, 2.05) is 30.3 Å². The van der Waals surface area contributed by atoms with Gasteiger partial charge in [0.25, 0.3) is 0 Å². The molecule has 1 fully saturated rings. The zero-order valence-electron chi connectivity index (χ0n) is 12.9. The molecule has 0 aliphatic carbocycles. The van der Waals surface area contributed by atoms with Crippen molar-refractivity contribution in [3.63, 3.8) is 0 Å². The summed E-state index contributed by atoms with van der Waals surface area (Å²) in [6, 6.07) is 9.71. The van der Waals surface area contributed by atoms with Crippen molar-refractivity contribution in [2.24, 2.45) is 11.3 Å². The van der Waals surface area contributed by atoms with E-state index in [0.29, 0.717) is 25.6 Å². The summed E-state index contributed by atoms with van der Waals surface area (Å²) < 4.78 is 5.35. The third kappa shape index (κ3) is 4.21. The molecule has 0 radical (unpaired) electrons. The SMILES string of the molecule is CC(C)(CO)C1CCN(C(=O)OCc2ccccc2)CC1. The van der Waals surface area contributed by atoms with Crippen LogP contribution in [0.15, 0.2) is 30.3 Å². The number of aliphatic hydroxyl groups is 1. The Balaban J connectivity index is 1.78. The average Bonchev–Trinajstić information content (AvgIpc) is 2.53. The molecule has 0 aromatic heterocycles. The number of ether oxygens (including phenoxy) is 1. The van der Waals surface area contributed by atoms with E-state index in [-0.39, 0.29) is 18.1 Å². The number of benzene rings is 1. The van der Waals surface area contributed by atoms with Gasteiger partial charge in [-0.15, -0.1) is 0 Å². The monoisotopic (exact) mass is 291 g/mol. The third-order valence-electron chi connectivity index (χ3n) is 4.47. The second-order valence-electron chi connectivity index (χ2n) is 6.45. The summed E-state index contributed by atoms with van der Waals surface area (Å²) in [4.78, 5) is 13.8. The Bertz CT molecular complexity index is 450. The van der Waals surface area contributed by atoms with Crippen molar-refractivity contribution in [1.82, 2.24) is 4.90 Å². The van der Waals surface area contributed by atoms with Gasteiger partial charge in [-0.1, -0.05) is 44.2 Å². The van der Waals surface area contributed by atoms with E-state index in [1.165, 1.54) is 0 Å². The lowest BCUT2D eigenvalue weighted by molar-refractivity contribution is 0.0386. The third-order valence-corrected chi connectivity index (χ3v) is 4.47. The molecule has 1 aliphatic rings. The molecule has 1 amide bonds. The van der Waals surface area contributed by atoms with Crippen LogP contribution in [-0.2, 0) is 11.3 Å². The Morgan fingerprint density at radius 2 is 1.90 bits per heavy atom. The maximum atomic E-state index is 12.1. The molecular formula is C17H25NO3. The van der Waals surface area contributed by atoms with E-state index in [0.717, 1.165) is 18.4 Å². The molecule has 1 aromatic rings. The fourth-order valence-electron chi connectivity index (χ4n) is 2.78. The Morgan fingerprint density at radius 3 is 2.48 bits per heavy atom. The first-order valence-corrected chi connectivity index (χ1v) is 7.59. The molecule has 4 nitrogen and oxygen atoms in total. The lowest BCUT2D eigenvalue weighted by atomic mass is 9.74. The minimum Gasteiger partial charge on any atom is -0.445 e. The molecule has 1 aliphatic heterocycles. The van der Waals surface area contributed by atoms with E-state index in [1.54, 1.807) is 4.90 Å². The lowest BCUT2D eigenvalue weighted by Crippen LogP contribution is -2.43. The Morgan fingerprint density at radius 1 is 1.29 bits per heavy atom. The van der Waals surface area contributed by atoms with Crippen LogP contribution in [-0.4, -0.2) is 35.8 Å². The summed E-state index contributed by atoms with van der Waals surface area (Å²) >= 11 is 0. The maximum Gasteiger partial charge on any atom is 0.410 e. The second kappa shape index (κ2) is 6.94. The highest BCUT2D eigenvalue weighted by Crippen LogP contribution is 2.34. The predicted octanol–water partition coefficient (Wildman–Crippen LogP) is 3.05. The van der Waals surface area contributed by atoms with Crippen molar-refractivity contribution in [1.29, 1.82) is 0 Å². The quantitative estimate of drug-likeness (QED) is 0.927. The van der Waals surface area contributed by atoms with Crippen LogP contribution < -0.4 is 0 Å². The predicted molar refractivity (Wildman–Crippen MR) is 81.8 cm³/mol. The fraction of sp³-hybridized carbons (Fsp3) is 0.588. The largest absolute Gasteiger partial charge is 0.445 e. The highest BCUT2D eigenvalue weighted by atomic mass is 16.6. The number of amides is 1. The lowest BCUT2D eigenvalue weighted by Gasteiger charge is -2.39. The number of carbonyl (C=O) groups excluding carboxylic acids is 1. The van der Waals surface area contributed by atoms with E-state index in [9.17, 15) is 9.90 Å². The van der Waals surface area contributed by atoms with E-state index in [2.05, 4.69) is 13.8 Å². The van der Waals surface area contributed by atoms with E-state index in [4.69, 9.17) is 4.74 Å². The van der Waals surface area contributed by atoms with Crippen LogP contribution in [0.25, 0.3) is 0 Å². The van der Waals surface area contributed by atoms with Crippen molar-refractivity contribution in [2.75, 3.05) is 19.7 Å². The zero-order valence-corrected chi connectivity index (χ0v) is 12.9. The number of piperidine rings is 1. The van der Waals surface area contributed by atoms with Crippen LogP contribution in [0.1, 0.15) is 32.3 Å². The first-order valence-electron chi connectivity index (χ1n) is 7.59. The van der Waals surface area contributed by atoms with Crippen LogP contribution in [0.4, 0.5) is 4.79 Å². The minimum atomic E-state index is -0.237. The summed E-state index contributed by atoms with van der Waals surface area (Å²) in [6.07, 6.45) is 1.61. The number of carbonyl (C=O) groups is 1. The fourth-order valence-corrected chi connectivity index (χ4v) is 2.78. The molecule has 116 valence electrons. The number of nitrogens with zero attached hydrogens (tertiary/aromatic N) is 1. The van der Waals surface area contributed by atoms with Gasteiger partial charge in [0, 0.05) is 19.7 Å². The van der Waals surface area contributed by atoms with Crippen LogP contribution in [0.5, 0.6) is 0 Å². The smallest absolute Gasteiger partial charge is 0.410 e. The van der Waals surface area contributed by atoms with Gasteiger partial charge in [-0.2, -0.15) is 0 Å². The summed E-state index contributed by atoms with van der Waals surface area (Å²) in [5, 5.41) is 9.43. The van der Waals surface area contributed by atoms with Crippen LogP contribution >= 0.6 is 0 Å². The van der Waals surface area contributed by atoms with Gasteiger partial charge in [-0.25, -0.2) is 4.79 Å². The Kier molecular flexibility index (Phi) is 5.23. The summed E-state index contributed by atoms with van der Waals surface area (Å²) in [6.45, 7) is 6.10. The first-order chi connectivity index (χ1) is 10.0. The number of hydrogen-bond acceptors (Lipinski definition) is 3. The molecule has 1 N–H and O–H groups in total. The van der Waals surface area contributed by atoms with Crippen molar-refractivity contribution >= 4 is 6.09 Å². The Hall–Kier alpha value is -1.55.